The molecule has 150 valence electrons. The summed E-state index contributed by atoms with van der Waals surface area (Å²) in [6, 6.07) is 13.4. The van der Waals surface area contributed by atoms with E-state index in [0.717, 1.165) is 0 Å². The van der Waals surface area contributed by atoms with Crippen LogP contribution in [0.3, 0.4) is 0 Å². The van der Waals surface area contributed by atoms with Crippen molar-refractivity contribution in [3.8, 4) is 22.8 Å². The molecular weight excluding hydrogens is 379 g/mol. The number of methoxy groups -OCH3 is 1. The van der Waals surface area contributed by atoms with Crippen LogP contribution in [-0.2, 0) is 0 Å². The molecule has 0 atom stereocenters. The van der Waals surface area contributed by atoms with E-state index in [1.165, 1.54) is 43.5 Å². The summed E-state index contributed by atoms with van der Waals surface area (Å²) in [5.74, 6) is -0.228. The summed E-state index contributed by atoms with van der Waals surface area (Å²) in [6.45, 7) is 2.30. The summed E-state index contributed by atoms with van der Waals surface area (Å²) in [4.78, 5) is 24.5. The monoisotopic (exact) mass is 398 g/mol. The molecule has 0 saturated carbocycles. The molecule has 29 heavy (non-hydrogen) atoms. The molecule has 0 saturated heterocycles. The van der Waals surface area contributed by atoms with E-state index in [1.807, 2.05) is 6.92 Å². The minimum atomic E-state index is -0.635. The number of hydrogen-bond donors (Lipinski definition) is 2. The number of furan rings is 1. The number of carbonyl (C=O) groups excluding carboxylic acids is 2. The molecule has 3 rings (SSSR count). The van der Waals surface area contributed by atoms with E-state index in [2.05, 4.69) is 10.9 Å². The number of rotatable bonds is 6. The summed E-state index contributed by atoms with van der Waals surface area (Å²) in [5.41, 5.74) is 5.49. The molecule has 2 amide bonds. The Hall–Kier alpha value is -3.81. The zero-order chi connectivity index (χ0) is 20.8. The molecule has 0 aliphatic carbocycles. The second-order valence-electron chi connectivity index (χ2n) is 5.88. The Morgan fingerprint density at radius 1 is 0.966 bits per heavy atom. The van der Waals surface area contributed by atoms with Crippen molar-refractivity contribution in [3.05, 3.63) is 71.7 Å². The van der Waals surface area contributed by atoms with Gasteiger partial charge >= 0.3 is 5.91 Å². The molecule has 1 heterocycles. The second-order valence-corrected chi connectivity index (χ2v) is 5.88. The lowest BCUT2D eigenvalue weighted by molar-refractivity contribution is 0.0831. The van der Waals surface area contributed by atoms with E-state index in [9.17, 15) is 14.0 Å². The van der Waals surface area contributed by atoms with Crippen LogP contribution in [0.1, 0.15) is 27.8 Å². The lowest BCUT2D eigenvalue weighted by Gasteiger charge is -2.11. The fourth-order valence-electron chi connectivity index (χ4n) is 2.56. The SMILES string of the molecule is CCOc1ccc(C(=O)NNC(=O)c2ccc(-c3ccc(F)cc3)o2)cc1OC. The third-order valence-electron chi connectivity index (χ3n) is 3.97. The van der Waals surface area contributed by atoms with Crippen molar-refractivity contribution in [1.82, 2.24) is 10.9 Å². The van der Waals surface area contributed by atoms with Gasteiger partial charge in [0.2, 0.25) is 0 Å². The number of ether oxygens (including phenoxy) is 2. The van der Waals surface area contributed by atoms with E-state index in [0.29, 0.717) is 29.4 Å². The molecule has 0 unspecified atom stereocenters. The predicted octanol–water partition coefficient (Wildman–Crippen LogP) is 3.57. The number of nitrogens with one attached hydrogen (secondary N) is 2. The van der Waals surface area contributed by atoms with Gasteiger partial charge in [-0.2, -0.15) is 0 Å². The maximum absolute atomic E-state index is 13.0. The van der Waals surface area contributed by atoms with E-state index in [1.54, 1.807) is 18.2 Å². The standard InChI is InChI=1S/C21H19FN2O5/c1-3-28-17-9-6-14(12-19(17)27-2)20(25)23-24-21(26)18-11-10-16(29-18)13-4-7-15(22)8-5-13/h4-12H,3H2,1-2H3,(H,23,25)(H,24,26). The first-order valence-corrected chi connectivity index (χ1v) is 8.79. The molecule has 7 nitrogen and oxygen atoms in total. The van der Waals surface area contributed by atoms with Crippen molar-refractivity contribution in [2.75, 3.05) is 13.7 Å². The molecule has 3 aromatic rings. The van der Waals surface area contributed by atoms with Gasteiger partial charge in [0, 0.05) is 11.1 Å². The van der Waals surface area contributed by atoms with E-state index >= 15 is 0 Å². The summed E-state index contributed by atoms with van der Waals surface area (Å²) >= 11 is 0. The molecule has 0 bridgehead atoms. The zero-order valence-electron chi connectivity index (χ0n) is 15.8. The Balaban J connectivity index is 1.63. The number of hydrazine groups is 1. The lowest BCUT2D eigenvalue weighted by Crippen LogP contribution is -2.41. The molecule has 0 spiro atoms. The molecule has 0 radical (unpaired) electrons. The van der Waals surface area contributed by atoms with Crippen LogP contribution >= 0.6 is 0 Å². The summed E-state index contributed by atoms with van der Waals surface area (Å²) in [6.07, 6.45) is 0. The van der Waals surface area contributed by atoms with Crippen LogP contribution in [0.5, 0.6) is 11.5 Å². The van der Waals surface area contributed by atoms with E-state index in [-0.39, 0.29) is 17.1 Å². The molecule has 0 aliphatic heterocycles. The lowest BCUT2D eigenvalue weighted by atomic mass is 10.2. The van der Waals surface area contributed by atoms with Crippen molar-refractivity contribution in [2.24, 2.45) is 0 Å². The maximum atomic E-state index is 13.0. The smallest absolute Gasteiger partial charge is 0.305 e. The fourth-order valence-corrected chi connectivity index (χ4v) is 2.56. The van der Waals surface area contributed by atoms with Gasteiger partial charge in [-0.15, -0.1) is 0 Å². The first kappa shape index (κ1) is 19.9. The Bertz CT molecular complexity index is 1010. The van der Waals surface area contributed by atoms with Gasteiger partial charge in [-0.1, -0.05) is 0 Å². The third-order valence-corrected chi connectivity index (χ3v) is 3.97. The second kappa shape index (κ2) is 8.92. The van der Waals surface area contributed by atoms with Crippen molar-refractivity contribution in [1.29, 1.82) is 0 Å². The largest absolute Gasteiger partial charge is 0.493 e. The van der Waals surface area contributed by atoms with Gasteiger partial charge in [0.25, 0.3) is 5.91 Å². The van der Waals surface area contributed by atoms with Crippen molar-refractivity contribution < 1.29 is 27.9 Å². The van der Waals surface area contributed by atoms with Gasteiger partial charge in [-0.05, 0) is 61.5 Å². The average Bonchev–Trinajstić information content (AvgIpc) is 3.23. The number of hydrogen-bond acceptors (Lipinski definition) is 5. The highest BCUT2D eigenvalue weighted by Gasteiger charge is 2.15. The predicted molar refractivity (Wildman–Crippen MR) is 103 cm³/mol. The van der Waals surface area contributed by atoms with Crippen LogP contribution in [-0.4, -0.2) is 25.5 Å². The molecular formula is C21H19FN2O5. The quantitative estimate of drug-likeness (QED) is 0.620. The van der Waals surface area contributed by atoms with E-state index in [4.69, 9.17) is 13.9 Å². The summed E-state index contributed by atoms with van der Waals surface area (Å²) in [5, 5.41) is 0. The van der Waals surface area contributed by atoms with Crippen molar-refractivity contribution >= 4 is 11.8 Å². The first-order valence-electron chi connectivity index (χ1n) is 8.79. The molecule has 0 fully saturated rings. The van der Waals surface area contributed by atoms with Crippen molar-refractivity contribution in [2.45, 2.75) is 6.92 Å². The minimum Gasteiger partial charge on any atom is -0.493 e. The van der Waals surface area contributed by atoms with Gasteiger partial charge in [-0.25, -0.2) is 4.39 Å². The van der Waals surface area contributed by atoms with Crippen LogP contribution in [0, 0.1) is 5.82 Å². The zero-order valence-corrected chi connectivity index (χ0v) is 15.8. The Morgan fingerprint density at radius 2 is 1.69 bits per heavy atom. The topological polar surface area (TPSA) is 89.8 Å². The van der Waals surface area contributed by atoms with Gasteiger partial charge in [0.1, 0.15) is 11.6 Å². The van der Waals surface area contributed by atoms with Crippen LogP contribution in [0.4, 0.5) is 4.39 Å². The highest BCUT2D eigenvalue weighted by Crippen LogP contribution is 2.28. The third kappa shape index (κ3) is 4.73. The Morgan fingerprint density at radius 3 is 2.38 bits per heavy atom. The van der Waals surface area contributed by atoms with Gasteiger partial charge in [-0.3, -0.25) is 20.4 Å². The van der Waals surface area contributed by atoms with Crippen LogP contribution in [0.2, 0.25) is 0 Å². The highest BCUT2D eigenvalue weighted by molar-refractivity contribution is 5.98. The molecule has 8 heteroatoms. The van der Waals surface area contributed by atoms with Gasteiger partial charge in [0.05, 0.1) is 13.7 Å². The number of carbonyl (C=O) groups is 2. The average molecular weight is 398 g/mol. The summed E-state index contributed by atoms with van der Waals surface area (Å²) in [7, 11) is 1.47. The Kier molecular flexibility index (Phi) is 6.13. The number of benzene rings is 2. The normalized spacial score (nSPS) is 10.3. The first-order chi connectivity index (χ1) is 14.0. The van der Waals surface area contributed by atoms with Crippen LogP contribution in [0.15, 0.2) is 59.0 Å². The highest BCUT2D eigenvalue weighted by atomic mass is 19.1. The molecule has 0 aliphatic rings. The van der Waals surface area contributed by atoms with Crippen LogP contribution in [0.25, 0.3) is 11.3 Å². The Labute approximate surface area is 166 Å². The van der Waals surface area contributed by atoms with Crippen molar-refractivity contribution in [3.63, 3.8) is 0 Å². The van der Waals surface area contributed by atoms with Gasteiger partial charge < -0.3 is 13.9 Å². The minimum absolute atomic E-state index is 0.00565. The molecule has 2 aromatic carbocycles. The number of halogens is 1. The number of amides is 2. The van der Waals surface area contributed by atoms with Gasteiger partial charge in [0.15, 0.2) is 17.3 Å². The molecule has 1 aromatic heterocycles. The summed E-state index contributed by atoms with van der Waals surface area (Å²) < 4.78 is 29.1. The molecule has 2 N–H and O–H groups in total. The maximum Gasteiger partial charge on any atom is 0.305 e. The van der Waals surface area contributed by atoms with Crippen LogP contribution < -0.4 is 20.3 Å². The van der Waals surface area contributed by atoms with E-state index < -0.39 is 11.8 Å². The fraction of sp³-hybridized carbons (Fsp3) is 0.143.